The Morgan fingerprint density at radius 3 is 2.23 bits per heavy atom. The molecular formula is C20H18O2. The van der Waals surface area contributed by atoms with Crippen molar-refractivity contribution in [3.63, 3.8) is 0 Å². The van der Waals surface area contributed by atoms with Crippen molar-refractivity contribution in [2.45, 2.75) is 12.3 Å². The molecule has 0 N–H and O–H groups in total. The van der Waals surface area contributed by atoms with Crippen molar-refractivity contribution in [3.05, 3.63) is 89.5 Å². The molecule has 1 atom stereocenters. The van der Waals surface area contributed by atoms with Crippen LogP contribution >= 0.6 is 0 Å². The minimum absolute atomic E-state index is 0.0360. The second-order valence-electron chi connectivity index (χ2n) is 5.34. The molecule has 0 aromatic heterocycles. The van der Waals surface area contributed by atoms with Crippen LogP contribution in [0.2, 0.25) is 0 Å². The fraction of sp³-hybridized carbons (Fsp3) is 0.150. The number of methoxy groups -OCH3 is 1. The maximum atomic E-state index is 12.1. The second kappa shape index (κ2) is 6.44. The molecule has 0 radical (unpaired) electrons. The molecule has 0 spiro atoms. The molecule has 0 saturated carbocycles. The van der Waals surface area contributed by atoms with Crippen molar-refractivity contribution in [2.75, 3.05) is 7.11 Å². The summed E-state index contributed by atoms with van der Waals surface area (Å²) in [5, 5.41) is 0. The van der Waals surface area contributed by atoms with Gasteiger partial charge in [-0.3, -0.25) is 0 Å². The number of rotatable bonds is 3. The normalized spacial score (nSPS) is 17.4. The first-order valence-electron chi connectivity index (χ1n) is 7.39. The summed E-state index contributed by atoms with van der Waals surface area (Å²) in [7, 11) is 1.43. The van der Waals surface area contributed by atoms with Gasteiger partial charge in [-0.1, -0.05) is 72.8 Å². The molecule has 0 fully saturated rings. The largest absolute Gasteiger partial charge is 0.466 e. The third kappa shape index (κ3) is 2.86. The van der Waals surface area contributed by atoms with Crippen LogP contribution in [0.15, 0.2) is 78.4 Å². The minimum Gasteiger partial charge on any atom is -0.466 e. The van der Waals surface area contributed by atoms with Crippen molar-refractivity contribution in [2.24, 2.45) is 0 Å². The van der Waals surface area contributed by atoms with Crippen molar-refractivity contribution in [1.29, 1.82) is 0 Å². The van der Waals surface area contributed by atoms with Gasteiger partial charge in [-0.05, 0) is 23.1 Å². The van der Waals surface area contributed by atoms with E-state index in [4.69, 9.17) is 4.74 Å². The number of esters is 1. The van der Waals surface area contributed by atoms with E-state index in [-0.39, 0.29) is 11.9 Å². The van der Waals surface area contributed by atoms with E-state index < -0.39 is 0 Å². The lowest BCUT2D eigenvalue weighted by Crippen LogP contribution is -2.16. The van der Waals surface area contributed by atoms with Gasteiger partial charge >= 0.3 is 5.97 Å². The average molecular weight is 290 g/mol. The van der Waals surface area contributed by atoms with Crippen LogP contribution in [0, 0.1) is 0 Å². The third-order valence-corrected chi connectivity index (χ3v) is 4.03. The van der Waals surface area contributed by atoms with E-state index in [1.165, 1.54) is 18.2 Å². The predicted molar refractivity (Wildman–Crippen MR) is 88.3 cm³/mol. The molecule has 0 unspecified atom stereocenters. The van der Waals surface area contributed by atoms with E-state index >= 15 is 0 Å². The van der Waals surface area contributed by atoms with Crippen LogP contribution in [0.4, 0.5) is 0 Å². The van der Waals surface area contributed by atoms with Crippen LogP contribution in [0.5, 0.6) is 0 Å². The molecule has 0 bridgehead atoms. The van der Waals surface area contributed by atoms with Crippen LogP contribution in [-0.2, 0) is 9.53 Å². The second-order valence-corrected chi connectivity index (χ2v) is 5.34. The molecule has 2 aromatic carbocycles. The SMILES string of the molecule is COC(=O)C1=CC=C(c2ccccc2)C[C@@H]1c1ccccc1. The Bertz CT molecular complexity index is 712. The standard InChI is InChI=1S/C20H18O2/c1-22-20(21)18-13-12-17(15-8-4-2-5-9-15)14-19(18)16-10-6-3-7-11-16/h2-13,19H,14H2,1H3/t19-/m1/s1. The van der Waals surface area contributed by atoms with Crippen molar-refractivity contribution in [3.8, 4) is 0 Å². The van der Waals surface area contributed by atoms with E-state index in [0.29, 0.717) is 5.57 Å². The molecule has 2 nitrogen and oxygen atoms in total. The van der Waals surface area contributed by atoms with Gasteiger partial charge in [0.15, 0.2) is 0 Å². The topological polar surface area (TPSA) is 26.3 Å². The van der Waals surface area contributed by atoms with Gasteiger partial charge in [0.2, 0.25) is 0 Å². The average Bonchev–Trinajstić information content (AvgIpc) is 2.62. The molecule has 110 valence electrons. The summed E-state index contributed by atoms with van der Waals surface area (Å²) in [6.45, 7) is 0. The maximum Gasteiger partial charge on any atom is 0.334 e. The Labute approximate surface area is 130 Å². The van der Waals surface area contributed by atoms with Gasteiger partial charge in [0.25, 0.3) is 0 Å². The first-order valence-corrected chi connectivity index (χ1v) is 7.39. The van der Waals surface area contributed by atoms with Gasteiger partial charge < -0.3 is 4.74 Å². The lowest BCUT2D eigenvalue weighted by Gasteiger charge is -2.24. The minimum atomic E-state index is -0.253. The van der Waals surface area contributed by atoms with Crippen molar-refractivity contribution >= 4 is 11.5 Å². The van der Waals surface area contributed by atoms with Gasteiger partial charge in [-0.25, -0.2) is 4.79 Å². The highest BCUT2D eigenvalue weighted by molar-refractivity contribution is 5.92. The first-order chi connectivity index (χ1) is 10.8. The first kappa shape index (κ1) is 14.3. The molecule has 3 rings (SSSR count). The van der Waals surface area contributed by atoms with Crippen LogP contribution < -0.4 is 0 Å². The monoisotopic (exact) mass is 290 g/mol. The zero-order valence-corrected chi connectivity index (χ0v) is 12.5. The molecule has 2 heteroatoms. The molecule has 1 aliphatic carbocycles. The molecule has 22 heavy (non-hydrogen) atoms. The summed E-state index contributed by atoms with van der Waals surface area (Å²) in [6, 6.07) is 20.4. The number of carbonyl (C=O) groups excluding carboxylic acids is 1. The zero-order chi connectivity index (χ0) is 15.4. The molecule has 0 aliphatic heterocycles. The number of hydrogen-bond acceptors (Lipinski definition) is 2. The van der Waals surface area contributed by atoms with Gasteiger partial charge in [0.1, 0.15) is 0 Å². The fourth-order valence-corrected chi connectivity index (χ4v) is 2.88. The maximum absolute atomic E-state index is 12.1. The predicted octanol–water partition coefficient (Wildman–Crippen LogP) is 4.36. The smallest absolute Gasteiger partial charge is 0.334 e. The third-order valence-electron chi connectivity index (χ3n) is 4.03. The van der Waals surface area contributed by atoms with Gasteiger partial charge in [0.05, 0.1) is 7.11 Å². The summed E-state index contributed by atoms with van der Waals surface area (Å²) in [5.74, 6) is -0.217. The zero-order valence-electron chi connectivity index (χ0n) is 12.5. The molecular weight excluding hydrogens is 272 g/mol. The van der Waals surface area contributed by atoms with Crippen LogP contribution in [0.25, 0.3) is 5.57 Å². The molecule has 0 saturated heterocycles. The van der Waals surface area contributed by atoms with E-state index in [0.717, 1.165) is 12.0 Å². The number of ether oxygens (including phenoxy) is 1. The van der Waals surface area contributed by atoms with E-state index in [2.05, 4.69) is 24.3 Å². The van der Waals surface area contributed by atoms with E-state index in [1.807, 2.05) is 48.6 Å². The number of benzene rings is 2. The highest BCUT2D eigenvalue weighted by Crippen LogP contribution is 2.38. The molecule has 0 amide bonds. The fourth-order valence-electron chi connectivity index (χ4n) is 2.88. The Morgan fingerprint density at radius 2 is 1.59 bits per heavy atom. The number of hydrogen-bond donors (Lipinski definition) is 0. The molecule has 2 aromatic rings. The summed E-state index contributed by atoms with van der Waals surface area (Å²) in [4.78, 5) is 12.1. The Balaban J connectivity index is 2.00. The molecule has 0 heterocycles. The lowest BCUT2D eigenvalue weighted by atomic mass is 9.80. The number of allylic oxidation sites excluding steroid dienone is 3. The quantitative estimate of drug-likeness (QED) is 0.785. The van der Waals surface area contributed by atoms with Crippen molar-refractivity contribution in [1.82, 2.24) is 0 Å². The van der Waals surface area contributed by atoms with E-state index in [9.17, 15) is 4.79 Å². The van der Waals surface area contributed by atoms with Crippen molar-refractivity contribution < 1.29 is 9.53 Å². The van der Waals surface area contributed by atoms with E-state index in [1.54, 1.807) is 0 Å². The van der Waals surface area contributed by atoms with Crippen LogP contribution in [-0.4, -0.2) is 13.1 Å². The number of carbonyl (C=O) groups is 1. The highest BCUT2D eigenvalue weighted by Gasteiger charge is 2.26. The Morgan fingerprint density at radius 1 is 0.955 bits per heavy atom. The summed E-state index contributed by atoms with van der Waals surface area (Å²) in [6.07, 6.45) is 4.73. The van der Waals surface area contributed by atoms with Gasteiger partial charge in [0, 0.05) is 11.5 Å². The van der Waals surface area contributed by atoms with Crippen LogP contribution in [0.1, 0.15) is 23.5 Å². The van der Waals surface area contributed by atoms with Gasteiger partial charge in [-0.2, -0.15) is 0 Å². The summed E-state index contributed by atoms with van der Waals surface area (Å²) >= 11 is 0. The highest BCUT2D eigenvalue weighted by atomic mass is 16.5. The summed E-state index contributed by atoms with van der Waals surface area (Å²) in [5.41, 5.74) is 4.29. The summed E-state index contributed by atoms with van der Waals surface area (Å²) < 4.78 is 4.95. The molecule has 1 aliphatic rings. The van der Waals surface area contributed by atoms with Crippen LogP contribution in [0.3, 0.4) is 0 Å². The Kier molecular flexibility index (Phi) is 4.19. The Hall–Kier alpha value is -2.61. The lowest BCUT2D eigenvalue weighted by molar-refractivity contribution is -0.136. The van der Waals surface area contributed by atoms with Gasteiger partial charge in [-0.15, -0.1) is 0 Å².